The van der Waals surface area contributed by atoms with Gasteiger partial charge in [0, 0.05) is 12.7 Å². The van der Waals surface area contributed by atoms with E-state index in [0.717, 1.165) is 4.90 Å². The maximum atomic E-state index is 11.9. The van der Waals surface area contributed by atoms with Crippen LogP contribution in [0.2, 0.25) is 0 Å². The summed E-state index contributed by atoms with van der Waals surface area (Å²) < 4.78 is -0.993. The monoisotopic (exact) mass is 312 g/mol. The fourth-order valence-corrected chi connectivity index (χ4v) is 2.67. The number of rotatable bonds is 2. The highest BCUT2D eigenvalue weighted by molar-refractivity contribution is 6.52. The van der Waals surface area contributed by atoms with E-state index in [2.05, 4.69) is 5.32 Å². The predicted molar refractivity (Wildman–Crippen MR) is 74.0 cm³/mol. The number of carbonyl (C=O) groups is 3. The summed E-state index contributed by atoms with van der Waals surface area (Å²) in [4.78, 5) is 36.5. The van der Waals surface area contributed by atoms with E-state index in [1.807, 2.05) is 0 Å². The largest absolute Gasteiger partial charge is 0.326 e. The van der Waals surface area contributed by atoms with Crippen LogP contribution in [0.4, 0.5) is 5.69 Å². The van der Waals surface area contributed by atoms with Gasteiger partial charge in [0.15, 0.2) is 0 Å². The summed E-state index contributed by atoms with van der Waals surface area (Å²) in [5.74, 6) is -1.46. The molecule has 7 heteroatoms. The molecule has 3 amide bonds. The SMILES string of the molecule is CN1C(=O)c2ccc(NC(=O)C3CC3(Cl)Cl)cc2C1=O. The van der Waals surface area contributed by atoms with Crippen molar-refractivity contribution in [2.75, 3.05) is 12.4 Å². The summed E-state index contributed by atoms with van der Waals surface area (Å²) in [5, 5.41) is 2.65. The van der Waals surface area contributed by atoms with Crippen LogP contribution in [0.1, 0.15) is 27.1 Å². The second-order valence-electron chi connectivity index (χ2n) is 4.94. The summed E-state index contributed by atoms with van der Waals surface area (Å²) in [7, 11) is 1.42. The quantitative estimate of drug-likeness (QED) is 0.671. The lowest BCUT2D eigenvalue weighted by Crippen LogP contribution is -2.24. The van der Waals surface area contributed by atoms with E-state index < -0.39 is 10.3 Å². The molecule has 5 nitrogen and oxygen atoms in total. The van der Waals surface area contributed by atoms with Crippen LogP contribution in [-0.2, 0) is 4.79 Å². The van der Waals surface area contributed by atoms with Crippen LogP contribution in [0, 0.1) is 5.92 Å². The zero-order valence-corrected chi connectivity index (χ0v) is 12.0. The van der Waals surface area contributed by atoms with Gasteiger partial charge in [-0.3, -0.25) is 19.3 Å². The Balaban J connectivity index is 1.83. The summed E-state index contributed by atoms with van der Waals surface area (Å²) >= 11 is 11.6. The summed E-state index contributed by atoms with van der Waals surface area (Å²) in [5.41, 5.74) is 1.07. The van der Waals surface area contributed by atoms with E-state index in [1.165, 1.54) is 19.2 Å². The number of nitrogens with zero attached hydrogens (tertiary/aromatic N) is 1. The highest BCUT2D eigenvalue weighted by atomic mass is 35.5. The number of benzene rings is 1. The van der Waals surface area contributed by atoms with E-state index in [9.17, 15) is 14.4 Å². The number of fused-ring (bicyclic) bond motifs is 1. The number of hydrogen-bond donors (Lipinski definition) is 1. The highest BCUT2D eigenvalue weighted by Crippen LogP contribution is 2.53. The van der Waals surface area contributed by atoms with Crippen LogP contribution in [0.5, 0.6) is 0 Å². The third-order valence-electron chi connectivity index (χ3n) is 3.50. The average Bonchev–Trinajstić information content (AvgIpc) is 2.99. The number of anilines is 1. The van der Waals surface area contributed by atoms with Gasteiger partial charge in [-0.1, -0.05) is 0 Å². The Hall–Kier alpha value is -1.59. The third kappa shape index (κ3) is 1.98. The summed E-state index contributed by atoms with van der Waals surface area (Å²) in [6.45, 7) is 0. The molecule has 104 valence electrons. The maximum Gasteiger partial charge on any atom is 0.261 e. The Bertz CT molecular complexity index is 657. The van der Waals surface area contributed by atoms with Crippen molar-refractivity contribution in [2.45, 2.75) is 10.8 Å². The molecule has 0 aromatic heterocycles. The molecule has 1 aliphatic carbocycles. The number of alkyl halides is 2. The van der Waals surface area contributed by atoms with Crippen molar-refractivity contribution in [1.29, 1.82) is 0 Å². The lowest BCUT2D eigenvalue weighted by atomic mass is 10.1. The van der Waals surface area contributed by atoms with Crippen LogP contribution in [-0.4, -0.2) is 34.0 Å². The second kappa shape index (κ2) is 4.20. The van der Waals surface area contributed by atoms with Crippen LogP contribution in [0.3, 0.4) is 0 Å². The maximum absolute atomic E-state index is 11.9. The minimum absolute atomic E-state index is 0.286. The molecule has 1 heterocycles. The van der Waals surface area contributed by atoms with Gasteiger partial charge >= 0.3 is 0 Å². The third-order valence-corrected chi connectivity index (χ3v) is 4.34. The number of halogens is 2. The molecule has 0 bridgehead atoms. The zero-order chi connectivity index (χ0) is 14.7. The highest BCUT2D eigenvalue weighted by Gasteiger charge is 2.56. The van der Waals surface area contributed by atoms with Gasteiger partial charge < -0.3 is 5.32 Å². The minimum atomic E-state index is -0.993. The molecule has 20 heavy (non-hydrogen) atoms. The standard InChI is InChI=1S/C13H10Cl2N2O3/c1-17-11(19)7-3-2-6(4-8(7)12(17)20)16-10(18)9-5-13(9,14)15/h2-4,9H,5H2,1H3,(H,16,18). The molecule has 1 aromatic carbocycles. The van der Waals surface area contributed by atoms with E-state index in [4.69, 9.17) is 23.2 Å². The van der Waals surface area contributed by atoms with Crippen molar-refractivity contribution in [3.05, 3.63) is 29.3 Å². The van der Waals surface area contributed by atoms with Gasteiger partial charge in [-0.15, -0.1) is 23.2 Å². The Morgan fingerprint density at radius 3 is 2.50 bits per heavy atom. The Labute approximate surface area is 124 Å². The average molecular weight is 313 g/mol. The van der Waals surface area contributed by atoms with E-state index in [1.54, 1.807) is 6.07 Å². The van der Waals surface area contributed by atoms with Crippen molar-refractivity contribution in [1.82, 2.24) is 4.90 Å². The molecule has 0 saturated heterocycles. The van der Waals surface area contributed by atoms with Crippen LogP contribution < -0.4 is 5.32 Å². The fraction of sp³-hybridized carbons (Fsp3) is 0.308. The normalized spacial score (nSPS) is 22.8. The number of hydrogen-bond acceptors (Lipinski definition) is 3. The molecular weight excluding hydrogens is 303 g/mol. The molecule has 1 saturated carbocycles. The van der Waals surface area contributed by atoms with Crippen molar-refractivity contribution >= 4 is 46.6 Å². The molecule has 1 N–H and O–H groups in total. The fourth-order valence-electron chi connectivity index (χ4n) is 2.17. The molecular formula is C13H10Cl2N2O3. The van der Waals surface area contributed by atoms with Gasteiger partial charge in [0.1, 0.15) is 4.33 Å². The van der Waals surface area contributed by atoms with E-state index in [-0.39, 0.29) is 23.3 Å². The first-order valence-electron chi connectivity index (χ1n) is 5.96. The second-order valence-corrected chi connectivity index (χ2v) is 6.48. The summed E-state index contributed by atoms with van der Waals surface area (Å²) in [6.07, 6.45) is 0.410. The van der Waals surface area contributed by atoms with Gasteiger partial charge in [0.2, 0.25) is 5.91 Å². The topological polar surface area (TPSA) is 66.5 Å². The van der Waals surface area contributed by atoms with Gasteiger partial charge in [-0.25, -0.2) is 0 Å². The number of carbonyl (C=O) groups excluding carboxylic acids is 3. The molecule has 1 atom stereocenters. The van der Waals surface area contributed by atoms with Crippen molar-refractivity contribution in [2.24, 2.45) is 5.92 Å². The van der Waals surface area contributed by atoms with Crippen LogP contribution in [0.25, 0.3) is 0 Å². The predicted octanol–water partition coefficient (Wildman–Crippen LogP) is 2.04. The Morgan fingerprint density at radius 1 is 1.30 bits per heavy atom. The first-order chi connectivity index (χ1) is 9.31. The molecule has 1 unspecified atom stereocenters. The number of amides is 3. The van der Waals surface area contributed by atoms with Gasteiger partial charge in [-0.2, -0.15) is 0 Å². The van der Waals surface area contributed by atoms with Crippen molar-refractivity contribution in [3.8, 4) is 0 Å². The lowest BCUT2D eigenvalue weighted by Gasteiger charge is -2.06. The molecule has 2 aliphatic rings. The molecule has 1 fully saturated rings. The van der Waals surface area contributed by atoms with E-state index in [0.29, 0.717) is 17.7 Å². The van der Waals surface area contributed by atoms with Crippen LogP contribution >= 0.6 is 23.2 Å². The minimum Gasteiger partial charge on any atom is -0.326 e. The van der Waals surface area contributed by atoms with Crippen LogP contribution in [0.15, 0.2) is 18.2 Å². The number of nitrogens with one attached hydrogen (secondary N) is 1. The van der Waals surface area contributed by atoms with E-state index >= 15 is 0 Å². The molecule has 1 aromatic rings. The first-order valence-corrected chi connectivity index (χ1v) is 6.72. The lowest BCUT2D eigenvalue weighted by molar-refractivity contribution is -0.117. The molecule has 3 rings (SSSR count). The van der Waals surface area contributed by atoms with Crippen molar-refractivity contribution < 1.29 is 14.4 Å². The zero-order valence-electron chi connectivity index (χ0n) is 10.4. The van der Waals surface area contributed by atoms with Gasteiger partial charge in [-0.05, 0) is 24.6 Å². The number of imide groups is 1. The van der Waals surface area contributed by atoms with Gasteiger partial charge in [0.05, 0.1) is 17.0 Å². The Kier molecular flexibility index (Phi) is 2.81. The molecule has 0 radical (unpaired) electrons. The summed E-state index contributed by atoms with van der Waals surface area (Å²) in [6, 6.07) is 4.59. The first kappa shape index (κ1) is 13.4. The molecule has 1 aliphatic heterocycles. The smallest absolute Gasteiger partial charge is 0.261 e. The van der Waals surface area contributed by atoms with Crippen molar-refractivity contribution in [3.63, 3.8) is 0 Å². The molecule has 0 spiro atoms. The van der Waals surface area contributed by atoms with Gasteiger partial charge in [0.25, 0.3) is 11.8 Å². The Morgan fingerprint density at radius 2 is 1.90 bits per heavy atom.